The van der Waals surface area contributed by atoms with E-state index in [1.807, 2.05) is 48.5 Å². The summed E-state index contributed by atoms with van der Waals surface area (Å²) in [7, 11) is -4.04. The summed E-state index contributed by atoms with van der Waals surface area (Å²) in [5.74, 6) is 3.48. The van der Waals surface area contributed by atoms with Crippen LogP contribution in [0.1, 0.15) is 25.7 Å². The summed E-state index contributed by atoms with van der Waals surface area (Å²) in [6, 6.07) is 16.1. The number of benzene rings is 2. The summed E-state index contributed by atoms with van der Waals surface area (Å²) in [6.07, 6.45) is 8.97. The molecule has 0 saturated heterocycles. The van der Waals surface area contributed by atoms with E-state index in [0.717, 1.165) is 19.3 Å². The van der Waals surface area contributed by atoms with Gasteiger partial charge < -0.3 is 0 Å². The van der Waals surface area contributed by atoms with Crippen LogP contribution in [0.3, 0.4) is 0 Å². The van der Waals surface area contributed by atoms with Gasteiger partial charge in [-0.05, 0) is 0 Å². The quantitative estimate of drug-likeness (QED) is 0.570. The Morgan fingerprint density at radius 2 is 1.28 bits per heavy atom. The van der Waals surface area contributed by atoms with Gasteiger partial charge in [0.15, 0.2) is 0 Å². The first-order valence-corrected chi connectivity index (χ1v) is 11.4. The first-order valence-electron chi connectivity index (χ1n) is 9.02. The molecule has 0 radical (unpaired) electrons. The third kappa shape index (κ3) is 2.42. The predicted molar refractivity (Wildman–Crippen MR) is 97.1 cm³/mol. The summed E-state index contributed by atoms with van der Waals surface area (Å²) < 4.78 is 25.5. The van der Waals surface area contributed by atoms with Crippen LogP contribution in [-0.2, 0) is 0 Å². The molecule has 1 spiro atoms. The van der Waals surface area contributed by atoms with Gasteiger partial charge in [0.2, 0.25) is 0 Å². The molecule has 0 aromatic heterocycles. The monoisotopic (exact) mass is 353 g/mol. The Kier molecular flexibility index (Phi) is 3.16. The van der Waals surface area contributed by atoms with Crippen molar-refractivity contribution < 1.29 is 17.7 Å². The van der Waals surface area contributed by atoms with Gasteiger partial charge in [-0.25, -0.2) is 0 Å². The zero-order chi connectivity index (χ0) is 16.8. The maximum atomic E-state index is 6.38. The minimum atomic E-state index is -4.04. The van der Waals surface area contributed by atoms with E-state index in [9.17, 15) is 0 Å². The van der Waals surface area contributed by atoms with Crippen molar-refractivity contribution in [3.05, 3.63) is 60.7 Å². The van der Waals surface area contributed by atoms with Crippen LogP contribution in [0.2, 0.25) is 6.04 Å². The van der Waals surface area contributed by atoms with E-state index in [1.165, 1.54) is 6.42 Å². The first-order chi connectivity index (χ1) is 12.2. The molecular formula is C20H21O4Si-. The normalized spacial score (nSPS) is 25.4. The molecule has 0 saturated carbocycles. The third-order valence-electron chi connectivity index (χ3n) is 5.27. The van der Waals surface area contributed by atoms with Crippen molar-refractivity contribution in [3.63, 3.8) is 0 Å². The number of rotatable bonds is 3. The summed E-state index contributed by atoms with van der Waals surface area (Å²) in [4.78, 5) is 0. The Morgan fingerprint density at radius 1 is 0.760 bits per heavy atom. The van der Waals surface area contributed by atoms with Crippen LogP contribution >= 0.6 is 0 Å². The third-order valence-corrected chi connectivity index (χ3v) is 8.83. The van der Waals surface area contributed by atoms with Gasteiger partial charge in [0, 0.05) is 0 Å². The topological polar surface area (TPSA) is 36.9 Å². The Hall–Kier alpha value is -2.40. The van der Waals surface area contributed by atoms with E-state index in [2.05, 4.69) is 12.2 Å². The van der Waals surface area contributed by atoms with Crippen LogP contribution in [0.25, 0.3) is 0 Å². The second kappa shape index (κ2) is 5.30. The molecule has 1 aliphatic carbocycles. The number of hydrogen-bond acceptors (Lipinski definition) is 4. The van der Waals surface area contributed by atoms with Crippen molar-refractivity contribution in [1.82, 2.24) is 0 Å². The molecular weight excluding hydrogens is 332 g/mol. The number of allylic oxidation sites excluding steroid dienone is 2. The summed E-state index contributed by atoms with van der Waals surface area (Å²) in [5, 5.41) is 0. The van der Waals surface area contributed by atoms with Gasteiger partial charge in [0.1, 0.15) is 0 Å². The average molecular weight is 353 g/mol. The zero-order valence-electron chi connectivity index (χ0n) is 14.0. The van der Waals surface area contributed by atoms with E-state index in [1.54, 1.807) is 0 Å². The Bertz CT molecular complexity index is 734. The van der Waals surface area contributed by atoms with Gasteiger partial charge in [-0.1, -0.05) is 0 Å². The molecule has 0 N–H and O–H groups in total. The predicted octanol–water partition coefficient (Wildman–Crippen LogP) is 5.07. The molecule has 3 aliphatic rings. The van der Waals surface area contributed by atoms with Crippen molar-refractivity contribution in [2.45, 2.75) is 31.7 Å². The first kappa shape index (κ1) is 14.9. The van der Waals surface area contributed by atoms with Crippen molar-refractivity contribution >= 4 is 8.33 Å². The molecule has 5 heteroatoms. The van der Waals surface area contributed by atoms with E-state index < -0.39 is 8.33 Å². The van der Waals surface area contributed by atoms with Crippen LogP contribution in [-0.4, -0.2) is 8.33 Å². The second-order valence-electron chi connectivity index (χ2n) is 7.07. The van der Waals surface area contributed by atoms with Crippen LogP contribution in [0.15, 0.2) is 60.7 Å². The second-order valence-corrected chi connectivity index (χ2v) is 10.5. The maximum absolute atomic E-state index is 6.38. The molecule has 2 aliphatic heterocycles. The SMILES string of the molecule is C1=CCC(CC[Si-]23(Oc4ccccc4O2)Oc2ccccc2O3)CC1. The van der Waals surface area contributed by atoms with Gasteiger partial charge in [-0.15, -0.1) is 0 Å². The van der Waals surface area contributed by atoms with Crippen LogP contribution in [0.4, 0.5) is 0 Å². The van der Waals surface area contributed by atoms with E-state index >= 15 is 0 Å². The van der Waals surface area contributed by atoms with Crippen molar-refractivity contribution in [2.24, 2.45) is 5.92 Å². The number of fused-ring (bicyclic) bond motifs is 2. The van der Waals surface area contributed by atoms with Crippen LogP contribution < -0.4 is 17.7 Å². The molecule has 1 atom stereocenters. The Morgan fingerprint density at radius 3 is 1.72 bits per heavy atom. The van der Waals surface area contributed by atoms with E-state index in [4.69, 9.17) is 17.7 Å². The Labute approximate surface area is 147 Å². The van der Waals surface area contributed by atoms with Crippen LogP contribution in [0.5, 0.6) is 23.0 Å². The minimum absolute atomic E-state index is 0.624. The molecule has 0 bridgehead atoms. The van der Waals surface area contributed by atoms with E-state index in [-0.39, 0.29) is 0 Å². The van der Waals surface area contributed by atoms with Crippen molar-refractivity contribution in [1.29, 1.82) is 0 Å². The zero-order valence-corrected chi connectivity index (χ0v) is 15.0. The van der Waals surface area contributed by atoms with Crippen molar-refractivity contribution in [3.8, 4) is 23.0 Å². The molecule has 2 aromatic carbocycles. The fraction of sp³-hybridized carbons (Fsp3) is 0.300. The molecule has 0 fully saturated rings. The standard InChI is InChI=1S/C20H21O4Si/c1-2-8-16(9-3-1)14-15-25(21-17-10-4-5-11-18(17)22-25)23-19-12-6-7-13-20(19)24-25/h1-2,4-7,10-13,16H,3,8-9,14-15H2/q-1. The molecule has 1 unspecified atom stereocenters. The molecule has 2 aromatic rings. The van der Waals surface area contributed by atoms with Gasteiger partial charge in [0.05, 0.1) is 0 Å². The van der Waals surface area contributed by atoms with Gasteiger partial charge in [-0.2, -0.15) is 0 Å². The number of hydrogen-bond donors (Lipinski definition) is 0. The summed E-state index contributed by atoms with van der Waals surface area (Å²) in [6.45, 7) is 0. The Balaban J connectivity index is 1.49. The molecule has 0 amide bonds. The molecule has 130 valence electrons. The molecule has 5 rings (SSSR count). The summed E-state index contributed by atoms with van der Waals surface area (Å²) in [5.41, 5.74) is 0. The fourth-order valence-electron chi connectivity index (χ4n) is 3.97. The molecule has 25 heavy (non-hydrogen) atoms. The average Bonchev–Trinajstić information content (AvgIpc) is 3.15. The van der Waals surface area contributed by atoms with Gasteiger partial charge in [-0.3, -0.25) is 0 Å². The van der Waals surface area contributed by atoms with Gasteiger partial charge in [0.25, 0.3) is 0 Å². The summed E-state index contributed by atoms with van der Waals surface area (Å²) >= 11 is 0. The fourth-order valence-corrected chi connectivity index (χ4v) is 7.89. The van der Waals surface area contributed by atoms with Crippen LogP contribution in [0, 0.1) is 5.92 Å². The van der Waals surface area contributed by atoms with Gasteiger partial charge >= 0.3 is 147 Å². The number of para-hydroxylation sites is 4. The molecule has 2 heterocycles. The molecule has 4 nitrogen and oxygen atoms in total. The van der Waals surface area contributed by atoms with E-state index in [0.29, 0.717) is 35.0 Å². The van der Waals surface area contributed by atoms with Crippen molar-refractivity contribution in [2.75, 3.05) is 0 Å².